The van der Waals surface area contributed by atoms with E-state index in [-0.39, 0.29) is 29.5 Å². The highest BCUT2D eigenvalue weighted by Gasteiger charge is 2.24. The van der Waals surface area contributed by atoms with Crippen molar-refractivity contribution < 1.29 is 9.53 Å². The van der Waals surface area contributed by atoms with Crippen LogP contribution in [0.25, 0.3) is 4.85 Å². The molecule has 1 aromatic heterocycles. The number of carbonyl (C=O) groups is 1. The Labute approximate surface area is 149 Å². The first-order valence-electron chi connectivity index (χ1n) is 7.95. The molecule has 0 unspecified atom stereocenters. The molecule has 1 fully saturated rings. The monoisotopic (exact) mass is 354 g/mol. The minimum Gasteiger partial charge on any atom is -0.380 e. The fourth-order valence-electron chi connectivity index (χ4n) is 2.50. The highest BCUT2D eigenvalue weighted by Crippen LogP contribution is 2.22. The van der Waals surface area contributed by atoms with E-state index in [1.54, 1.807) is 24.3 Å². The first-order chi connectivity index (χ1) is 12.6. The van der Waals surface area contributed by atoms with Gasteiger partial charge in [0.25, 0.3) is 5.91 Å². The van der Waals surface area contributed by atoms with Crippen LogP contribution >= 0.6 is 0 Å². The minimum absolute atomic E-state index is 0.0595. The number of benzene rings is 1. The first-order valence-corrected chi connectivity index (χ1v) is 7.95. The van der Waals surface area contributed by atoms with Crippen LogP contribution in [0.1, 0.15) is 16.9 Å². The van der Waals surface area contributed by atoms with Gasteiger partial charge in [0.1, 0.15) is 0 Å². The second-order valence-corrected chi connectivity index (χ2v) is 5.76. The summed E-state index contributed by atoms with van der Waals surface area (Å²) in [7, 11) is 0. The molecule has 2 atom stereocenters. The number of aromatic nitrogens is 3. The van der Waals surface area contributed by atoms with Crippen molar-refractivity contribution in [2.24, 2.45) is 11.5 Å². The predicted molar refractivity (Wildman–Crippen MR) is 95.2 cm³/mol. The topological polar surface area (TPSA) is 145 Å². The molecule has 1 aliphatic heterocycles. The summed E-state index contributed by atoms with van der Waals surface area (Å²) in [6.07, 6.45) is 0.711. The van der Waals surface area contributed by atoms with Gasteiger partial charge in [-0.1, -0.05) is 12.1 Å². The summed E-state index contributed by atoms with van der Waals surface area (Å²) in [4.78, 5) is 19.2. The number of ether oxygens (including phenoxy) is 1. The standard InChI is InChI=1S/C16H18N8O2/c1-19-9-2-4-10(5-3-9)20-15-13(14(18)25)23-24-16(22-15)21-12-6-7-26-8-11(12)17/h2-5,11-12H,6-8,17H2,(H2,18,25)(H2,20,21,22,24)/t11-,12+/m0/s1. The molecule has 10 nitrogen and oxygen atoms in total. The number of rotatable bonds is 5. The van der Waals surface area contributed by atoms with Crippen LogP contribution < -0.4 is 22.1 Å². The van der Waals surface area contributed by atoms with Gasteiger partial charge >= 0.3 is 0 Å². The summed E-state index contributed by atoms with van der Waals surface area (Å²) >= 11 is 0. The summed E-state index contributed by atoms with van der Waals surface area (Å²) in [5.41, 5.74) is 12.4. The van der Waals surface area contributed by atoms with Crippen molar-refractivity contribution in [2.75, 3.05) is 23.8 Å². The lowest BCUT2D eigenvalue weighted by molar-refractivity contribution is 0.0751. The van der Waals surface area contributed by atoms with E-state index in [0.29, 0.717) is 31.0 Å². The van der Waals surface area contributed by atoms with E-state index in [9.17, 15) is 4.79 Å². The normalized spacial score (nSPS) is 19.4. The number of nitrogens with two attached hydrogens (primary N) is 2. The van der Waals surface area contributed by atoms with Crippen molar-refractivity contribution in [3.05, 3.63) is 41.4 Å². The van der Waals surface area contributed by atoms with Gasteiger partial charge in [0, 0.05) is 24.4 Å². The van der Waals surface area contributed by atoms with Crippen LogP contribution in [0.3, 0.4) is 0 Å². The Kier molecular flexibility index (Phi) is 5.21. The minimum atomic E-state index is -0.750. The molecule has 3 rings (SSSR count). The molecule has 2 aromatic rings. The van der Waals surface area contributed by atoms with Crippen molar-refractivity contribution in [3.63, 3.8) is 0 Å². The maximum absolute atomic E-state index is 11.6. The lowest BCUT2D eigenvalue weighted by Gasteiger charge is -2.29. The molecule has 134 valence electrons. The van der Waals surface area contributed by atoms with Crippen LogP contribution in [-0.4, -0.2) is 46.4 Å². The van der Waals surface area contributed by atoms with Crippen LogP contribution in [-0.2, 0) is 4.74 Å². The summed E-state index contributed by atoms with van der Waals surface area (Å²) in [5, 5.41) is 13.9. The van der Waals surface area contributed by atoms with Crippen LogP contribution in [0.5, 0.6) is 0 Å². The summed E-state index contributed by atoms with van der Waals surface area (Å²) < 4.78 is 5.31. The number of primary amides is 1. The molecule has 0 aliphatic carbocycles. The molecule has 0 spiro atoms. The molecule has 6 N–H and O–H groups in total. The van der Waals surface area contributed by atoms with E-state index in [1.807, 2.05) is 0 Å². The van der Waals surface area contributed by atoms with Gasteiger partial charge in [-0.25, -0.2) is 4.85 Å². The molecule has 0 radical (unpaired) electrons. The average Bonchev–Trinajstić information content (AvgIpc) is 2.64. The third-order valence-corrected chi connectivity index (χ3v) is 3.89. The van der Waals surface area contributed by atoms with E-state index in [2.05, 4.69) is 30.7 Å². The van der Waals surface area contributed by atoms with Crippen molar-refractivity contribution >= 4 is 29.0 Å². The van der Waals surface area contributed by atoms with E-state index in [4.69, 9.17) is 22.8 Å². The molecular formula is C16H18N8O2. The molecule has 2 heterocycles. The fraction of sp³-hybridized carbons (Fsp3) is 0.312. The van der Waals surface area contributed by atoms with E-state index >= 15 is 0 Å². The second kappa shape index (κ2) is 7.73. The SMILES string of the molecule is [C-]#[N+]c1ccc(Nc2nc(N[C@@H]3CCOC[C@@H]3N)nnc2C(N)=O)cc1. The number of nitrogens with zero attached hydrogens (tertiary/aromatic N) is 4. The maximum Gasteiger partial charge on any atom is 0.273 e. The number of amides is 1. The average molecular weight is 354 g/mol. The van der Waals surface area contributed by atoms with Gasteiger partial charge in [0.05, 0.1) is 13.2 Å². The second-order valence-electron chi connectivity index (χ2n) is 5.76. The Bertz CT molecular complexity index is 833. The van der Waals surface area contributed by atoms with Gasteiger partial charge in [0.2, 0.25) is 5.95 Å². The quantitative estimate of drug-likeness (QED) is 0.577. The van der Waals surface area contributed by atoms with Crippen LogP contribution in [0.2, 0.25) is 0 Å². The van der Waals surface area contributed by atoms with Gasteiger partial charge in [-0.2, -0.15) is 4.98 Å². The largest absolute Gasteiger partial charge is 0.380 e. The molecule has 1 amide bonds. The summed E-state index contributed by atoms with van der Waals surface area (Å²) in [5.74, 6) is -0.344. The van der Waals surface area contributed by atoms with Crippen molar-refractivity contribution in [3.8, 4) is 0 Å². The zero-order valence-electron chi connectivity index (χ0n) is 13.8. The Balaban J connectivity index is 1.83. The summed E-state index contributed by atoms with van der Waals surface area (Å²) in [6.45, 7) is 8.02. The molecule has 1 aromatic carbocycles. The summed E-state index contributed by atoms with van der Waals surface area (Å²) in [6, 6.07) is 6.43. The molecule has 1 saturated heterocycles. The van der Waals surface area contributed by atoms with E-state index < -0.39 is 5.91 Å². The third-order valence-electron chi connectivity index (χ3n) is 3.89. The molecule has 0 bridgehead atoms. The predicted octanol–water partition coefficient (Wildman–Crippen LogP) is 0.793. The maximum atomic E-state index is 11.6. The highest BCUT2D eigenvalue weighted by molar-refractivity contribution is 5.96. The number of nitrogens with one attached hydrogen (secondary N) is 2. The van der Waals surface area contributed by atoms with Crippen molar-refractivity contribution in [1.29, 1.82) is 0 Å². The third kappa shape index (κ3) is 4.02. The van der Waals surface area contributed by atoms with Crippen LogP contribution in [0.15, 0.2) is 24.3 Å². The number of carbonyl (C=O) groups excluding carboxylic acids is 1. The fourth-order valence-corrected chi connectivity index (χ4v) is 2.50. The number of anilines is 3. The van der Waals surface area contributed by atoms with Crippen molar-refractivity contribution in [2.45, 2.75) is 18.5 Å². The molecular weight excluding hydrogens is 336 g/mol. The number of hydrogen-bond donors (Lipinski definition) is 4. The van der Waals surface area contributed by atoms with Gasteiger partial charge in [-0.15, -0.1) is 10.2 Å². The molecule has 10 heteroatoms. The van der Waals surface area contributed by atoms with Gasteiger partial charge < -0.3 is 26.8 Å². The highest BCUT2D eigenvalue weighted by atomic mass is 16.5. The van der Waals surface area contributed by atoms with Crippen LogP contribution in [0.4, 0.5) is 23.1 Å². The van der Waals surface area contributed by atoms with E-state index in [1.165, 1.54) is 0 Å². The number of hydrogen-bond acceptors (Lipinski definition) is 8. The Hall–Kier alpha value is -3.29. The molecule has 26 heavy (non-hydrogen) atoms. The van der Waals surface area contributed by atoms with Gasteiger partial charge in [-0.3, -0.25) is 4.79 Å². The Morgan fingerprint density at radius 3 is 2.73 bits per heavy atom. The van der Waals surface area contributed by atoms with Crippen molar-refractivity contribution in [1.82, 2.24) is 15.2 Å². The van der Waals surface area contributed by atoms with Crippen LogP contribution in [0, 0.1) is 6.57 Å². The van der Waals surface area contributed by atoms with Gasteiger partial charge in [-0.05, 0) is 18.6 Å². The van der Waals surface area contributed by atoms with E-state index in [0.717, 1.165) is 0 Å². The lowest BCUT2D eigenvalue weighted by Crippen LogP contribution is -2.48. The lowest BCUT2D eigenvalue weighted by atomic mass is 10.1. The molecule has 1 aliphatic rings. The Morgan fingerprint density at radius 1 is 1.31 bits per heavy atom. The van der Waals surface area contributed by atoms with Gasteiger partial charge in [0.15, 0.2) is 17.2 Å². The smallest absolute Gasteiger partial charge is 0.273 e. The zero-order chi connectivity index (χ0) is 18.5. The Morgan fingerprint density at radius 2 is 2.08 bits per heavy atom. The molecule has 0 saturated carbocycles. The first kappa shape index (κ1) is 17.5. The zero-order valence-corrected chi connectivity index (χ0v) is 13.8.